The van der Waals surface area contributed by atoms with Crippen LogP contribution in [-0.4, -0.2) is 54.4 Å². The summed E-state index contributed by atoms with van der Waals surface area (Å²) in [7, 11) is 0. The Hall–Kier alpha value is -3.12. The minimum absolute atomic E-state index is 0.0684. The molecule has 1 aliphatic rings. The number of carbonyl (C=O) groups is 1. The third-order valence-electron chi connectivity index (χ3n) is 5.56. The molecule has 168 valence electrons. The highest BCUT2D eigenvalue weighted by Gasteiger charge is 2.28. The molecule has 3 N–H and O–H groups in total. The van der Waals surface area contributed by atoms with E-state index in [1.807, 2.05) is 31.2 Å². The van der Waals surface area contributed by atoms with E-state index in [0.717, 1.165) is 29.4 Å². The summed E-state index contributed by atoms with van der Waals surface area (Å²) in [6.07, 6.45) is 3.37. The molecule has 0 bridgehead atoms. The zero-order valence-electron chi connectivity index (χ0n) is 17.8. The summed E-state index contributed by atoms with van der Waals surface area (Å²) >= 11 is 3.41. The van der Waals surface area contributed by atoms with Crippen molar-refractivity contribution in [1.82, 2.24) is 35.6 Å². The molecule has 1 fully saturated rings. The molecule has 11 nitrogen and oxygen atoms in total. The largest absolute Gasteiger partial charge is 0.378 e. The van der Waals surface area contributed by atoms with Crippen LogP contribution in [0.2, 0.25) is 0 Å². The van der Waals surface area contributed by atoms with Crippen LogP contribution in [0.1, 0.15) is 54.9 Å². The molecule has 1 aromatic carbocycles. The number of carbonyl (C=O) groups excluding carboxylic acids is 1. The maximum Gasteiger partial charge on any atom is 0.293 e. The van der Waals surface area contributed by atoms with Crippen molar-refractivity contribution in [2.24, 2.45) is 5.10 Å². The van der Waals surface area contributed by atoms with Crippen LogP contribution in [0.15, 0.2) is 38.5 Å². The molecule has 3 heterocycles. The SMILES string of the molecule is C/C(=N/NC(=O)c1nnn(-c2nonc2N)c1CN1CCCCC1C)c1ccc(Br)cc1. The predicted octanol–water partition coefficient (Wildman–Crippen LogP) is 2.52. The van der Waals surface area contributed by atoms with Gasteiger partial charge >= 0.3 is 0 Å². The number of rotatable bonds is 6. The number of benzene rings is 1. The molecule has 0 saturated carbocycles. The van der Waals surface area contributed by atoms with Gasteiger partial charge in [0, 0.05) is 17.1 Å². The third kappa shape index (κ3) is 4.70. The maximum absolute atomic E-state index is 13.0. The minimum Gasteiger partial charge on any atom is -0.378 e. The predicted molar refractivity (Wildman–Crippen MR) is 121 cm³/mol. The van der Waals surface area contributed by atoms with Crippen molar-refractivity contribution in [1.29, 1.82) is 0 Å². The molecule has 0 aliphatic carbocycles. The van der Waals surface area contributed by atoms with Crippen molar-refractivity contribution < 1.29 is 9.42 Å². The van der Waals surface area contributed by atoms with Gasteiger partial charge < -0.3 is 5.73 Å². The Bertz CT molecular complexity index is 1120. The van der Waals surface area contributed by atoms with Crippen LogP contribution in [0.5, 0.6) is 0 Å². The maximum atomic E-state index is 13.0. The average Bonchev–Trinajstić information content (AvgIpc) is 3.39. The number of hydrogen-bond acceptors (Lipinski definition) is 9. The van der Waals surface area contributed by atoms with Gasteiger partial charge in [-0.05, 0) is 61.2 Å². The molecule has 1 atom stereocenters. The zero-order valence-corrected chi connectivity index (χ0v) is 19.4. The molecule has 1 aliphatic heterocycles. The summed E-state index contributed by atoms with van der Waals surface area (Å²) in [4.78, 5) is 15.3. The molecular weight excluding hydrogens is 478 g/mol. The topological polar surface area (TPSA) is 140 Å². The Balaban J connectivity index is 1.61. The van der Waals surface area contributed by atoms with Gasteiger partial charge in [-0.15, -0.1) is 5.10 Å². The molecule has 0 spiro atoms. The molecule has 4 rings (SSSR count). The second-order valence-electron chi connectivity index (χ2n) is 7.73. The first kappa shape index (κ1) is 22.1. The standard InChI is InChI=1S/C20H24BrN9O2/c1-12-5-3-4-10-29(12)11-16-17(24-28-30(16)19-18(22)26-32-27-19)20(31)25-23-13(2)14-6-8-15(21)9-7-14/h6-9,12H,3-5,10-11H2,1-2H3,(H2,22,26)(H,25,31)/b23-13-. The molecule has 32 heavy (non-hydrogen) atoms. The fourth-order valence-corrected chi connectivity index (χ4v) is 3.92. The van der Waals surface area contributed by atoms with Gasteiger partial charge in [-0.1, -0.05) is 39.7 Å². The summed E-state index contributed by atoms with van der Waals surface area (Å²) in [5.74, 6) is -0.202. The number of nitrogen functional groups attached to an aromatic ring is 1. The molecule has 0 radical (unpaired) electrons. The second-order valence-corrected chi connectivity index (χ2v) is 8.65. The number of nitrogens with two attached hydrogens (primary N) is 1. The Morgan fingerprint density at radius 1 is 1.31 bits per heavy atom. The lowest BCUT2D eigenvalue weighted by molar-refractivity contribution is 0.0944. The van der Waals surface area contributed by atoms with Crippen molar-refractivity contribution >= 4 is 33.4 Å². The first-order chi connectivity index (χ1) is 15.4. The van der Waals surface area contributed by atoms with E-state index in [4.69, 9.17) is 10.4 Å². The number of nitrogens with zero attached hydrogens (tertiary/aromatic N) is 7. The first-order valence-electron chi connectivity index (χ1n) is 10.3. The number of likely N-dealkylation sites (tertiary alicyclic amines) is 1. The first-order valence-corrected chi connectivity index (χ1v) is 11.1. The van der Waals surface area contributed by atoms with E-state index in [1.165, 1.54) is 11.1 Å². The van der Waals surface area contributed by atoms with E-state index < -0.39 is 5.91 Å². The van der Waals surface area contributed by atoms with E-state index in [0.29, 0.717) is 24.0 Å². The van der Waals surface area contributed by atoms with E-state index in [2.05, 4.69) is 58.9 Å². The third-order valence-corrected chi connectivity index (χ3v) is 6.08. The van der Waals surface area contributed by atoms with Crippen LogP contribution in [0.25, 0.3) is 5.82 Å². The number of nitrogens with one attached hydrogen (secondary N) is 1. The fraction of sp³-hybridized carbons (Fsp3) is 0.400. The van der Waals surface area contributed by atoms with Gasteiger partial charge in [0.15, 0.2) is 5.69 Å². The molecule has 3 aromatic rings. The van der Waals surface area contributed by atoms with E-state index >= 15 is 0 Å². The zero-order chi connectivity index (χ0) is 22.7. The molecule has 2 aromatic heterocycles. The second kappa shape index (κ2) is 9.57. The Morgan fingerprint density at radius 3 is 2.78 bits per heavy atom. The number of piperidine rings is 1. The van der Waals surface area contributed by atoms with Gasteiger partial charge in [-0.2, -0.15) is 9.78 Å². The van der Waals surface area contributed by atoms with Gasteiger partial charge in [0.2, 0.25) is 11.6 Å². The van der Waals surface area contributed by atoms with Crippen molar-refractivity contribution in [3.8, 4) is 5.82 Å². The van der Waals surface area contributed by atoms with Gasteiger partial charge in [-0.25, -0.2) is 10.1 Å². The number of amides is 1. The lowest BCUT2D eigenvalue weighted by atomic mass is 10.0. The van der Waals surface area contributed by atoms with Crippen molar-refractivity contribution in [2.75, 3.05) is 12.3 Å². The van der Waals surface area contributed by atoms with Crippen molar-refractivity contribution in [3.63, 3.8) is 0 Å². The highest BCUT2D eigenvalue weighted by atomic mass is 79.9. The number of halogens is 1. The molecular formula is C20H24BrN9O2. The average molecular weight is 502 g/mol. The summed E-state index contributed by atoms with van der Waals surface area (Å²) in [5.41, 5.74) is 10.7. The number of hydrogen-bond donors (Lipinski definition) is 2. The van der Waals surface area contributed by atoms with Crippen LogP contribution in [-0.2, 0) is 6.54 Å². The lowest BCUT2D eigenvalue weighted by Gasteiger charge is -2.33. The molecule has 1 unspecified atom stereocenters. The number of hydrazone groups is 1. The van der Waals surface area contributed by atoms with E-state index in [1.54, 1.807) is 0 Å². The van der Waals surface area contributed by atoms with Crippen molar-refractivity contribution in [2.45, 2.75) is 45.7 Å². The Labute approximate surface area is 193 Å². The fourth-order valence-electron chi connectivity index (χ4n) is 3.66. The van der Waals surface area contributed by atoms with Gasteiger partial charge in [0.1, 0.15) is 0 Å². The smallest absolute Gasteiger partial charge is 0.293 e. The van der Waals surface area contributed by atoms with Crippen LogP contribution in [0.4, 0.5) is 5.82 Å². The quantitative estimate of drug-likeness (QED) is 0.387. The number of aromatic nitrogens is 5. The molecule has 1 saturated heterocycles. The summed E-state index contributed by atoms with van der Waals surface area (Å²) in [6, 6.07) is 8.02. The summed E-state index contributed by atoms with van der Waals surface area (Å²) < 4.78 is 7.09. The highest BCUT2D eigenvalue weighted by molar-refractivity contribution is 9.10. The van der Waals surface area contributed by atoms with Gasteiger partial charge in [0.05, 0.1) is 11.4 Å². The van der Waals surface area contributed by atoms with E-state index in [-0.39, 0.29) is 17.3 Å². The van der Waals surface area contributed by atoms with Crippen LogP contribution in [0.3, 0.4) is 0 Å². The van der Waals surface area contributed by atoms with Crippen LogP contribution < -0.4 is 11.2 Å². The van der Waals surface area contributed by atoms with Gasteiger partial charge in [0.25, 0.3) is 5.91 Å². The highest BCUT2D eigenvalue weighted by Crippen LogP contribution is 2.22. The normalized spacial score (nSPS) is 17.5. The van der Waals surface area contributed by atoms with Crippen LogP contribution in [0, 0.1) is 0 Å². The monoisotopic (exact) mass is 501 g/mol. The minimum atomic E-state index is -0.470. The summed E-state index contributed by atoms with van der Waals surface area (Å²) in [5, 5.41) is 19.9. The lowest BCUT2D eigenvalue weighted by Crippen LogP contribution is -2.38. The Kier molecular flexibility index (Phi) is 6.61. The Morgan fingerprint density at radius 2 is 2.09 bits per heavy atom. The molecule has 1 amide bonds. The molecule has 12 heteroatoms. The van der Waals surface area contributed by atoms with E-state index in [9.17, 15) is 4.79 Å². The van der Waals surface area contributed by atoms with Crippen LogP contribution >= 0.6 is 15.9 Å². The number of anilines is 1. The summed E-state index contributed by atoms with van der Waals surface area (Å²) in [6.45, 7) is 5.36. The van der Waals surface area contributed by atoms with Crippen molar-refractivity contribution in [3.05, 3.63) is 45.7 Å². The van der Waals surface area contributed by atoms with Gasteiger partial charge in [-0.3, -0.25) is 9.69 Å².